The Kier molecular flexibility index (Phi) is 6.65. The molecule has 1 saturated heterocycles. The Bertz CT molecular complexity index is 1450. The first-order valence-corrected chi connectivity index (χ1v) is 12.4. The number of benzene rings is 2. The molecule has 3 heterocycles. The van der Waals surface area contributed by atoms with Crippen LogP contribution >= 0.6 is 12.4 Å². The number of amides is 1. The quantitative estimate of drug-likeness (QED) is 0.416. The average Bonchev–Trinajstić information content (AvgIpc) is 3.32. The summed E-state index contributed by atoms with van der Waals surface area (Å²) in [5, 5.41) is 1.19. The zero-order chi connectivity index (χ0) is 23.9. The van der Waals surface area contributed by atoms with E-state index in [4.69, 9.17) is 16.5 Å². The molecule has 6 rings (SSSR count). The molecule has 4 aromatic rings. The largest absolute Gasteiger partial charge is 0.369 e. The number of carbonyl (C=O) groups excluding carboxylic acids is 1. The minimum absolute atomic E-state index is 0. The molecular weight excluding hydrogens is 470 g/mol. The zero-order valence-electron chi connectivity index (χ0n) is 20.1. The van der Waals surface area contributed by atoms with Gasteiger partial charge in [0.1, 0.15) is 0 Å². The maximum atomic E-state index is 12.0. The molecule has 6 nitrogen and oxygen atoms in total. The second-order valence-corrected chi connectivity index (χ2v) is 9.66. The molecule has 1 aliphatic carbocycles. The van der Waals surface area contributed by atoms with Gasteiger partial charge in [0.15, 0.2) is 0 Å². The Morgan fingerprint density at radius 3 is 2.61 bits per heavy atom. The fourth-order valence-electron chi connectivity index (χ4n) is 5.61. The number of primary amides is 1. The summed E-state index contributed by atoms with van der Waals surface area (Å²) in [6.07, 6.45) is 7.35. The van der Waals surface area contributed by atoms with Crippen molar-refractivity contribution in [1.29, 1.82) is 0 Å². The number of aryl methyl sites for hydroxylation is 1. The van der Waals surface area contributed by atoms with Crippen molar-refractivity contribution < 1.29 is 4.79 Å². The second kappa shape index (κ2) is 9.88. The van der Waals surface area contributed by atoms with E-state index in [1.165, 1.54) is 35.2 Å². The van der Waals surface area contributed by atoms with Crippen molar-refractivity contribution in [3.63, 3.8) is 0 Å². The number of hydrogen-bond donors (Lipinski definition) is 2. The zero-order valence-corrected chi connectivity index (χ0v) is 20.9. The highest BCUT2D eigenvalue weighted by molar-refractivity contribution is 6.00. The van der Waals surface area contributed by atoms with E-state index in [-0.39, 0.29) is 18.4 Å². The highest BCUT2D eigenvalue weighted by Gasteiger charge is 2.27. The summed E-state index contributed by atoms with van der Waals surface area (Å²) in [6, 6.07) is 18.1. The molecule has 0 unspecified atom stereocenters. The fourth-order valence-corrected chi connectivity index (χ4v) is 5.61. The lowest BCUT2D eigenvalue weighted by Crippen LogP contribution is -2.28. The van der Waals surface area contributed by atoms with Crippen molar-refractivity contribution in [2.45, 2.75) is 38.1 Å². The molecule has 2 aliphatic rings. The van der Waals surface area contributed by atoms with Gasteiger partial charge >= 0.3 is 0 Å². The van der Waals surface area contributed by atoms with E-state index in [1.54, 1.807) is 12.3 Å². The third-order valence-electron chi connectivity index (χ3n) is 7.33. The number of carbonyl (C=O) groups is 1. The van der Waals surface area contributed by atoms with Crippen molar-refractivity contribution >= 4 is 34.9 Å². The van der Waals surface area contributed by atoms with Crippen molar-refractivity contribution in [2.24, 2.45) is 11.5 Å². The van der Waals surface area contributed by atoms with Crippen LogP contribution in [0.3, 0.4) is 0 Å². The number of hydrogen-bond acceptors (Lipinski definition) is 5. The molecule has 2 aromatic heterocycles. The van der Waals surface area contributed by atoms with E-state index in [0.717, 1.165) is 60.3 Å². The van der Waals surface area contributed by atoms with Crippen LogP contribution in [-0.2, 0) is 12.8 Å². The second-order valence-electron chi connectivity index (χ2n) is 9.66. The van der Waals surface area contributed by atoms with Gasteiger partial charge in [-0.2, -0.15) is 0 Å². The van der Waals surface area contributed by atoms with Gasteiger partial charge in [-0.3, -0.25) is 14.8 Å². The van der Waals surface area contributed by atoms with E-state index in [1.807, 2.05) is 30.3 Å². The molecular formula is C29H30ClN5O. The first kappa shape index (κ1) is 24.2. The highest BCUT2D eigenvalue weighted by Crippen LogP contribution is 2.39. The Labute approximate surface area is 217 Å². The molecule has 1 aliphatic heterocycles. The molecule has 0 saturated carbocycles. The first-order chi connectivity index (χ1) is 17.1. The topological polar surface area (TPSA) is 98.1 Å². The highest BCUT2D eigenvalue weighted by atomic mass is 35.5. The van der Waals surface area contributed by atoms with E-state index >= 15 is 0 Å². The fraction of sp³-hybridized carbons (Fsp3) is 0.276. The molecule has 0 spiro atoms. The molecule has 36 heavy (non-hydrogen) atoms. The molecule has 2 aromatic carbocycles. The van der Waals surface area contributed by atoms with Gasteiger partial charge in [-0.15, -0.1) is 12.4 Å². The van der Waals surface area contributed by atoms with Crippen LogP contribution in [0.5, 0.6) is 0 Å². The lowest BCUT2D eigenvalue weighted by molar-refractivity contribution is 0.100. The predicted octanol–water partition coefficient (Wildman–Crippen LogP) is 4.90. The molecule has 0 radical (unpaired) electrons. The summed E-state index contributed by atoms with van der Waals surface area (Å²) >= 11 is 0. The van der Waals surface area contributed by atoms with Crippen LogP contribution in [-0.4, -0.2) is 35.0 Å². The Balaban J connectivity index is 0.00000267. The van der Waals surface area contributed by atoms with Crippen LogP contribution < -0.4 is 16.4 Å². The van der Waals surface area contributed by atoms with Crippen molar-refractivity contribution in [3.05, 3.63) is 77.6 Å². The summed E-state index contributed by atoms with van der Waals surface area (Å²) in [6.45, 7) is 1.87. The van der Waals surface area contributed by atoms with Gasteiger partial charge in [-0.25, -0.2) is 0 Å². The summed E-state index contributed by atoms with van der Waals surface area (Å²) in [7, 11) is 0. The van der Waals surface area contributed by atoms with Gasteiger partial charge in [0.25, 0.3) is 0 Å². The normalized spacial score (nSPS) is 17.0. The summed E-state index contributed by atoms with van der Waals surface area (Å²) in [4.78, 5) is 24.1. The van der Waals surface area contributed by atoms with E-state index < -0.39 is 5.91 Å². The van der Waals surface area contributed by atoms with Crippen LogP contribution in [0.25, 0.3) is 33.3 Å². The molecule has 0 bridgehead atoms. The van der Waals surface area contributed by atoms with Gasteiger partial charge in [0.05, 0.1) is 16.9 Å². The number of pyridine rings is 2. The van der Waals surface area contributed by atoms with Crippen LogP contribution in [0.15, 0.2) is 60.8 Å². The number of nitrogens with zero attached hydrogens (tertiary/aromatic N) is 3. The number of halogens is 1. The van der Waals surface area contributed by atoms with Gasteiger partial charge in [0.2, 0.25) is 5.91 Å². The smallest absolute Gasteiger partial charge is 0.249 e. The van der Waals surface area contributed by atoms with Crippen molar-refractivity contribution in [1.82, 2.24) is 9.97 Å². The molecule has 1 atom stereocenters. The average molecular weight is 500 g/mol. The van der Waals surface area contributed by atoms with Crippen LogP contribution in [0.2, 0.25) is 0 Å². The van der Waals surface area contributed by atoms with Gasteiger partial charge in [-0.1, -0.05) is 24.3 Å². The van der Waals surface area contributed by atoms with E-state index in [2.05, 4.69) is 28.1 Å². The summed E-state index contributed by atoms with van der Waals surface area (Å²) in [5.74, 6) is -0.456. The van der Waals surface area contributed by atoms with Gasteiger partial charge < -0.3 is 16.4 Å². The SMILES string of the molecule is Cl.NC(=O)c1ccccc1-c1cc(-c2ccc3nc4c(c(N5CC[C@H](N)C5)c3c2)CCCC4)ccn1. The molecule has 4 N–H and O–H groups in total. The Morgan fingerprint density at radius 2 is 1.81 bits per heavy atom. The molecule has 7 heteroatoms. The van der Waals surface area contributed by atoms with Crippen LogP contribution in [0.1, 0.15) is 40.9 Å². The van der Waals surface area contributed by atoms with Crippen LogP contribution in [0, 0.1) is 0 Å². The Morgan fingerprint density at radius 1 is 1.00 bits per heavy atom. The third-order valence-corrected chi connectivity index (χ3v) is 7.33. The Hall–Kier alpha value is -3.48. The standard InChI is InChI=1S/C29H29N5O.ClH/c30-20-12-14-34(17-20)28-23-7-3-4-8-25(23)33-26-10-9-18(15-24(26)28)19-11-13-32-27(16-19)21-5-1-2-6-22(21)29(31)35;/h1-2,5-6,9-11,13,15-16,20H,3-4,7-8,12,14,17,30H2,(H2,31,35);1H/t20-;/m0./s1. The van der Waals surface area contributed by atoms with Crippen molar-refractivity contribution in [3.8, 4) is 22.4 Å². The number of aromatic nitrogens is 2. The maximum Gasteiger partial charge on any atom is 0.249 e. The minimum Gasteiger partial charge on any atom is -0.369 e. The number of anilines is 1. The van der Waals surface area contributed by atoms with Crippen LogP contribution in [0.4, 0.5) is 5.69 Å². The van der Waals surface area contributed by atoms with Gasteiger partial charge in [0, 0.05) is 47.5 Å². The maximum absolute atomic E-state index is 12.0. The number of fused-ring (bicyclic) bond motifs is 2. The van der Waals surface area contributed by atoms with E-state index in [9.17, 15) is 4.79 Å². The predicted molar refractivity (Wildman–Crippen MR) is 148 cm³/mol. The van der Waals surface area contributed by atoms with Gasteiger partial charge in [-0.05, 0) is 79.1 Å². The molecule has 1 amide bonds. The van der Waals surface area contributed by atoms with Crippen molar-refractivity contribution in [2.75, 3.05) is 18.0 Å². The third kappa shape index (κ3) is 4.31. The van der Waals surface area contributed by atoms with E-state index in [0.29, 0.717) is 5.56 Å². The number of rotatable bonds is 4. The minimum atomic E-state index is -0.456. The number of nitrogens with two attached hydrogens (primary N) is 2. The lowest BCUT2D eigenvalue weighted by atomic mass is 9.91. The first-order valence-electron chi connectivity index (χ1n) is 12.4. The summed E-state index contributed by atoms with van der Waals surface area (Å²) < 4.78 is 0. The lowest BCUT2D eigenvalue weighted by Gasteiger charge is -2.28. The molecule has 184 valence electrons. The monoisotopic (exact) mass is 499 g/mol. The summed E-state index contributed by atoms with van der Waals surface area (Å²) in [5.41, 5.74) is 21.0. The molecule has 1 fully saturated rings.